The lowest BCUT2D eigenvalue weighted by atomic mass is 9.93. The summed E-state index contributed by atoms with van der Waals surface area (Å²) in [5.74, 6) is -8.29. The van der Waals surface area contributed by atoms with Gasteiger partial charge in [-0.2, -0.15) is 0 Å². The van der Waals surface area contributed by atoms with Gasteiger partial charge in [0, 0.05) is 77.0 Å². The van der Waals surface area contributed by atoms with E-state index in [1.807, 2.05) is 13.8 Å². The Morgan fingerprint density at radius 2 is 0.825 bits per heavy atom. The fourth-order valence-corrected chi connectivity index (χ4v) is 8.60. The summed E-state index contributed by atoms with van der Waals surface area (Å²) in [7, 11) is 0. The minimum absolute atomic E-state index is 0.0760. The van der Waals surface area contributed by atoms with Gasteiger partial charge in [-0.3, -0.25) is 43.2 Å². The first-order chi connectivity index (χ1) is 38.4. The average molecular weight is 1140 g/mol. The van der Waals surface area contributed by atoms with Crippen LogP contribution in [0.3, 0.4) is 0 Å². The molecule has 0 unspecified atom stereocenters. The third-order valence-corrected chi connectivity index (χ3v) is 13.4. The van der Waals surface area contributed by atoms with Crippen LogP contribution in [0.5, 0.6) is 0 Å². The Balaban J connectivity index is 4.14. The van der Waals surface area contributed by atoms with Gasteiger partial charge in [0.2, 0.25) is 23.6 Å². The standard InChI is InChI=1S/C57H98N4O19/c1-3-43(49(64)4-2)22-19-20-32-58-52(67)41-80-39-37-78-35-33-59-53(68)42-79-38-36-77-34-21-24-45(62)27-28-47(56(73)74)60-51(66)31-29-48(57(75)76)61-50(65)30-26-44(55(71)72)40-46(63)23-17-15-13-11-9-7-5-6-8-10-12-14-16-18-25-54(69)70/h43-44,47-48H,3-42H2,1-2H3,(H,58,67)(H,59,68)(H,60,66)(H,61,65)(H,69,70)(H,71,72)(H,73,74)(H,75,76)/t43-,44+,47-,48-/m0/s1. The molecule has 0 rings (SSSR count). The summed E-state index contributed by atoms with van der Waals surface area (Å²) in [5.41, 5.74) is 0. The van der Waals surface area contributed by atoms with Crippen LogP contribution in [0.25, 0.3) is 0 Å². The lowest BCUT2D eigenvalue weighted by Crippen LogP contribution is -2.44. The van der Waals surface area contributed by atoms with E-state index in [0.29, 0.717) is 25.8 Å². The Kier molecular flexibility index (Phi) is 47.2. The molecular formula is C57H98N4O19. The molecule has 0 aromatic carbocycles. The van der Waals surface area contributed by atoms with E-state index in [4.69, 9.17) is 24.1 Å². The molecule has 0 fully saturated rings. The molecule has 80 heavy (non-hydrogen) atoms. The van der Waals surface area contributed by atoms with Crippen molar-refractivity contribution in [2.24, 2.45) is 11.8 Å². The number of carbonyl (C=O) groups is 11. The van der Waals surface area contributed by atoms with E-state index in [1.165, 1.54) is 25.7 Å². The van der Waals surface area contributed by atoms with Crippen molar-refractivity contribution in [1.29, 1.82) is 0 Å². The van der Waals surface area contributed by atoms with Crippen LogP contribution in [-0.2, 0) is 71.7 Å². The maximum atomic E-state index is 12.7. The van der Waals surface area contributed by atoms with Crippen molar-refractivity contribution < 1.29 is 92.1 Å². The topological polar surface area (TPSA) is 354 Å². The molecule has 23 heteroatoms. The lowest BCUT2D eigenvalue weighted by molar-refractivity contribution is -0.145. The second-order valence-corrected chi connectivity index (χ2v) is 20.2. The van der Waals surface area contributed by atoms with Crippen molar-refractivity contribution >= 4 is 64.9 Å². The van der Waals surface area contributed by atoms with Gasteiger partial charge in [0.25, 0.3) is 0 Å². The number of carboxylic acids is 4. The second kappa shape index (κ2) is 50.6. The van der Waals surface area contributed by atoms with E-state index >= 15 is 0 Å². The van der Waals surface area contributed by atoms with E-state index in [1.54, 1.807) is 0 Å². The van der Waals surface area contributed by atoms with Gasteiger partial charge in [-0.05, 0) is 57.8 Å². The molecule has 0 radical (unpaired) electrons. The minimum atomic E-state index is -1.54. The van der Waals surface area contributed by atoms with Crippen molar-refractivity contribution in [3.05, 3.63) is 0 Å². The molecule has 4 amide bonds. The SMILES string of the molecule is CCC(=O)[C@@H](CC)CCCCNC(=O)COCCOCCNC(=O)COCCOCCCC(=O)CC[C@H](NC(=O)CC[C@H](NC(=O)CC[C@H](CC(=O)CCCCCCCCCCCCCCCCC(=O)O)C(=O)O)C(=O)O)C(=O)O. The molecule has 4 atom stereocenters. The van der Waals surface area contributed by atoms with Crippen molar-refractivity contribution in [3.63, 3.8) is 0 Å². The van der Waals surface area contributed by atoms with Gasteiger partial charge in [-0.1, -0.05) is 97.3 Å². The highest BCUT2D eigenvalue weighted by molar-refractivity contribution is 5.87. The first-order valence-corrected chi connectivity index (χ1v) is 29.3. The molecule has 0 heterocycles. The van der Waals surface area contributed by atoms with Gasteiger partial charge in [0.15, 0.2) is 0 Å². The van der Waals surface area contributed by atoms with E-state index in [-0.39, 0.29) is 146 Å². The Labute approximate surface area is 473 Å². The number of carbonyl (C=O) groups excluding carboxylic acids is 7. The quantitative estimate of drug-likeness (QED) is 0.0311. The summed E-state index contributed by atoms with van der Waals surface area (Å²) in [6, 6.07) is -2.97. The number of Topliss-reactive ketones (excluding diaryl/α,β-unsaturated/α-hetero) is 3. The number of ketones is 3. The van der Waals surface area contributed by atoms with Gasteiger partial charge >= 0.3 is 23.9 Å². The summed E-state index contributed by atoms with van der Waals surface area (Å²) in [6.45, 7) is 5.49. The lowest BCUT2D eigenvalue weighted by Gasteiger charge is -2.17. The second-order valence-electron chi connectivity index (χ2n) is 20.2. The Morgan fingerprint density at radius 1 is 0.375 bits per heavy atom. The smallest absolute Gasteiger partial charge is 0.326 e. The van der Waals surface area contributed by atoms with Crippen molar-refractivity contribution in [2.75, 3.05) is 65.9 Å². The van der Waals surface area contributed by atoms with Crippen LogP contribution in [0, 0.1) is 11.8 Å². The van der Waals surface area contributed by atoms with Gasteiger partial charge in [0.05, 0.1) is 39.0 Å². The van der Waals surface area contributed by atoms with Crippen molar-refractivity contribution in [3.8, 4) is 0 Å². The van der Waals surface area contributed by atoms with Gasteiger partial charge in [-0.25, -0.2) is 9.59 Å². The van der Waals surface area contributed by atoms with Crippen LogP contribution in [-0.4, -0.2) is 163 Å². The molecule has 0 spiro atoms. The van der Waals surface area contributed by atoms with Gasteiger partial charge < -0.3 is 60.6 Å². The largest absolute Gasteiger partial charge is 0.481 e. The van der Waals surface area contributed by atoms with Crippen LogP contribution in [0.15, 0.2) is 0 Å². The highest BCUT2D eigenvalue weighted by atomic mass is 16.5. The number of unbranched alkanes of at least 4 members (excludes halogenated alkanes) is 14. The van der Waals surface area contributed by atoms with Crippen molar-refractivity contribution in [2.45, 2.75) is 219 Å². The highest BCUT2D eigenvalue weighted by Gasteiger charge is 2.27. The summed E-state index contributed by atoms with van der Waals surface area (Å²) >= 11 is 0. The molecule has 0 bridgehead atoms. The number of hydrogen-bond donors (Lipinski definition) is 8. The van der Waals surface area contributed by atoms with E-state index < -0.39 is 66.5 Å². The maximum Gasteiger partial charge on any atom is 0.326 e. The molecule has 460 valence electrons. The van der Waals surface area contributed by atoms with Crippen LogP contribution in [0.2, 0.25) is 0 Å². The molecule has 0 saturated heterocycles. The first-order valence-electron chi connectivity index (χ1n) is 29.3. The van der Waals surface area contributed by atoms with Crippen molar-refractivity contribution in [1.82, 2.24) is 21.3 Å². The van der Waals surface area contributed by atoms with Gasteiger partial charge in [0.1, 0.15) is 42.6 Å². The Bertz CT molecular complexity index is 1800. The molecule has 0 saturated carbocycles. The molecule has 8 N–H and O–H groups in total. The monoisotopic (exact) mass is 1140 g/mol. The Morgan fingerprint density at radius 3 is 1.31 bits per heavy atom. The third-order valence-electron chi connectivity index (χ3n) is 13.4. The number of nitrogens with one attached hydrogen (secondary N) is 4. The average Bonchev–Trinajstić information content (AvgIpc) is 3.41. The number of hydrogen-bond acceptors (Lipinski definition) is 15. The summed E-state index contributed by atoms with van der Waals surface area (Å²) in [5, 5.41) is 47.7. The fourth-order valence-electron chi connectivity index (χ4n) is 8.60. The van der Waals surface area contributed by atoms with E-state index in [9.17, 15) is 68.1 Å². The van der Waals surface area contributed by atoms with Crippen LogP contribution < -0.4 is 21.3 Å². The zero-order chi connectivity index (χ0) is 59.6. The molecule has 0 aliphatic heterocycles. The minimum Gasteiger partial charge on any atom is -0.481 e. The zero-order valence-electron chi connectivity index (χ0n) is 48.0. The maximum absolute atomic E-state index is 12.7. The predicted octanol–water partition coefficient (Wildman–Crippen LogP) is 6.28. The molecule has 23 nitrogen and oxygen atoms in total. The summed E-state index contributed by atoms with van der Waals surface area (Å²) in [4.78, 5) is 132. The number of aliphatic carboxylic acids is 4. The van der Waals surface area contributed by atoms with E-state index in [0.717, 1.165) is 83.5 Å². The van der Waals surface area contributed by atoms with E-state index in [2.05, 4.69) is 21.3 Å². The molecule has 0 aliphatic rings. The van der Waals surface area contributed by atoms with Gasteiger partial charge in [-0.15, -0.1) is 0 Å². The van der Waals surface area contributed by atoms with Crippen LogP contribution in [0.4, 0.5) is 0 Å². The number of amides is 4. The highest BCUT2D eigenvalue weighted by Crippen LogP contribution is 2.18. The predicted molar refractivity (Wildman–Crippen MR) is 296 cm³/mol. The summed E-state index contributed by atoms with van der Waals surface area (Å²) < 4.78 is 21.4. The first kappa shape index (κ1) is 74.6. The molecule has 0 aromatic rings. The normalized spacial score (nSPS) is 12.6. The summed E-state index contributed by atoms with van der Waals surface area (Å²) in [6.07, 6.45) is 17.1. The fraction of sp³-hybridized carbons (Fsp3) is 0.807. The van der Waals surface area contributed by atoms with Crippen LogP contribution in [0.1, 0.15) is 206 Å². The number of carboxylic acid groups (broad SMARTS) is 4. The molecular weight excluding hydrogens is 1040 g/mol. The Hall–Kier alpha value is -5.39. The number of ether oxygens (including phenoxy) is 4. The molecule has 0 aromatic heterocycles. The molecule has 0 aliphatic carbocycles. The number of rotatable bonds is 58. The zero-order valence-corrected chi connectivity index (χ0v) is 48.0. The third kappa shape index (κ3) is 45.4. The van der Waals surface area contributed by atoms with Crippen LogP contribution >= 0.6 is 0 Å².